The second-order valence-corrected chi connectivity index (χ2v) is 27.6. The predicted molar refractivity (Wildman–Crippen MR) is 416 cm³/mol. The van der Waals surface area contributed by atoms with Gasteiger partial charge in [-0.25, -0.2) is 0 Å². The molecule has 554 valence electrons. The van der Waals surface area contributed by atoms with Gasteiger partial charge >= 0.3 is 11.9 Å². The first-order valence-corrected chi connectivity index (χ1v) is 40.0. The summed E-state index contributed by atoms with van der Waals surface area (Å²) in [4.78, 5) is 37.6. The van der Waals surface area contributed by atoms with Gasteiger partial charge in [0.15, 0.2) is 12.4 Å². The van der Waals surface area contributed by atoms with Crippen molar-refractivity contribution in [2.75, 3.05) is 47.5 Å². The van der Waals surface area contributed by atoms with E-state index in [4.69, 9.17) is 18.9 Å². The fourth-order valence-corrected chi connectivity index (χ4v) is 11.1. The molecule has 0 radical (unpaired) electrons. The Labute approximate surface area is 598 Å². The molecule has 0 aromatic heterocycles. The van der Waals surface area contributed by atoms with Gasteiger partial charge in [-0.1, -0.05) is 352 Å². The Balaban J connectivity index is 4.03. The number of nitrogens with zero attached hydrogens (tertiary/aromatic N) is 1. The second-order valence-electron chi connectivity index (χ2n) is 27.6. The molecule has 9 heteroatoms. The summed E-state index contributed by atoms with van der Waals surface area (Å²) in [5.74, 6) is -2.30. The monoisotopic (exact) mass is 1350 g/mol. The Morgan fingerprint density at radius 2 is 0.557 bits per heavy atom. The van der Waals surface area contributed by atoms with Crippen LogP contribution in [0.1, 0.15) is 335 Å². The van der Waals surface area contributed by atoms with Crippen LogP contribution in [0.25, 0.3) is 0 Å². The third kappa shape index (κ3) is 78.4. The number of unbranched alkanes of at least 4 members (excludes halogenated alkanes) is 34. The molecule has 0 spiro atoms. The van der Waals surface area contributed by atoms with E-state index in [2.05, 4.69) is 160 Å². The Morgan fingerprint density at radius 1 is 0.309 bits per heavy atom. The highest BCUT2D eigenvalue weighted by Gasteiger charge is 2.22. The lowest BCUT2D eigenvalue weighted by Crippen LogP contribution is -2.44. The van der Waals surface area contributed by atoms with Gasteiger partial charge in [0.1, 0.15) is 13.2 Å². The summed E-state index contributed by atoms with van der Waals surface area (Å²) in [6.45, 7) is 4.52. The van der Waals surface area contributed by atoms with E-state index in [1.165, 1.54) is 167 Å². The summed E-state index contributed by atoms with van der Waals surface area (Å²) < 4.78 is 22.8. The molecule has 0 bridgehead atoms. The summed E-state index contributed by atoms with van der Waals surface area (Å²) in [6.07, 6.45) is 110. The van der Waals surface area contributed by atoms with Crippen LogP contribution in [0.3, 0.4) is 0 Å². The van der Waals surface area contributed by atoms with Crippen molar-refractivity contribution in [2.45, 2.75) is 347 Å². The molecular formula is C88H149NO8. The van der Waals surface area contributed by atoms with E-state index in [0.29, 0.717) is 17.4 Å². The highest BCUT2D eigenvalue weighted by molar-refractivity contribution is 5.70. The SMILES string of the molecule is CC/C=C\C/C=C\C/C=C\C/C=C\C/C=C\C/C=C\C/C=C\C/C=C\CCCCCCCCC(=O)OC(COC(=O)CCCCCCCCCCCCCCCCCCCCCCCCCCCCCC/C=C\C/C=C\C/C=C\C/C=C\CC)COC(OCC[N+](C)(C)C)C(=O)[O-]. The topological polar surface area (TPSA) is 111 Å². The van der Waals surface area contributed by atoms with Crippen LogP contribution in [0.4, 0.5) is 0 Å². The minimum atomic E-state index is -1.63. The number of carbonyl (C=O) groups excluding carboxylic acids is 3. The van der Waals surface area contributed by atoms with Crippen LogP contribution < -0.4 is 5.11 Å². The maximum Gasteiger partial charge on any atom is 0.306 e. The molecule has 9 nitrogen and oxygen atoms in total. The van der Waals surface area contributed by atoms with Gasteiger partial charge in [0.2, 0.25) is 0 Å². The average Bonchev–Trinajstić information content (AvgIpc) is 2.39. The number of rotatable bonds is 73. The Morgan fingerprint density at radius 3 is 0.825 bits per heavy atom. The molecule has 0 aromatic carbocycles. The number of carboxylic acid groups (broad SMARTS) is 1. The lowest BCUT2D eigenvalue weighted by atomic mass is 10.0. The highest BCUT2D eigenvalue weighted by Crippen LogP contribution is 2.18. The van der Waals surface area contributed by atoms with Crippen LogP contribution in [-0.2, 0) is 33.3 Å². The van der Waals surface area contributed by atoms with Crippen molar-refractivity contribution in [3.63, 3.8) is 0 Å². The Bertz CT molecular complexity index is 2110. The first-order valence-electron chi connectivity index (χ1n) is 40.0. The number of esters is 2. The minimum absolute atomic E-state index is 0.139. The van der Waals surface area contributed by atoms with Gasteiger partial charge in [0, 0.05) is 12.8 Å². The molecule has 0 N–H and O–H groups in total. The molecule has 0 heterocycles. The average molecular weight is 1350 g/mol. The van der Waals surface area contributed by atoms with E-state index in [9.17, 15) is 19.5 Å². The molecule has 0 rings (SSSR count). The number of carboxylic acids is 1. The number of ether oxygens (including phenoxy) is 4. The lowest BCUT2D eigenvalue weighted by Gasteiger charge is -2.26. The molecule has 0 saturated heterocycles. The van der Waals surface area contributed by atoms with Gasteiger partial charge in [0.25, 0.3) is 0 Å². The fraction of sp³-hybridized carbons (Fsp3) is 0.693. The summed E-state index contributed by atoms with van der Waals surface area (Å²) in [7, 11) is 5.93. The number of hydrogen-bond donors (Lipinski definition) is 0. The molecule has 97 heavy (non-hydrogen) atoms. The number of aliphatic carboxylic acids is 1. The van der Waals surface area contributed by atoms with Gasteiger partial charge in [-0.05, 0) is 116 Å². The standard InChI is InChI=1S/C88H149NO8/c1-6-8-10-12-14-16-18-20-22-24-26-28-30-32-34-36-38-39-40-41-42-43-44-45-46-47-49-50-52-54-56-58-60-62-64-66-68-70-72-74-76-78-85(90)95-82-84(83-96-88(87(92)93)94-81-80-89(3,4)5)97-86(91)79-77-75-73-71-69-67-65-63-61-59-57-55-53-51-48-37-35-33-31-29-27-25-23-21-19-17-15-13-11-9-7-2/h8-11,14-17,20-23,26-29,33,35,48,51,55,57,61,63,84,88H,6-7,12-13,18-19,24-25,30-32,34,36-47,49-50,52-54,56,58-60,62,64-83H2,1-5H3/b10-8-,11-9-,16-14-,17-15-,22-20-,23-21-,28-26-,29-27-,35-33-,51-48-,57-55-,63-61-. The van der Waals surface area contributed by atoms with E-state index in [1.54, 1.807) is 0 Å². The molecule has 2 unspecified atom stereocenters. The van der Waals surface area contributed by atoms with Gasteiger partial charge in [0.05, 0.1) is 40.3 Å². The molecule has 2 atom stereocenters. The van der Waals surface area contributed by atoms with E-state index < -0.39 is 24.3 Å². The van der Waals surface area contributed by atoms with Gasteiger partial charge in [-0.15, -0.1) is 0 Å². The molecule has 0 aromatic rings. The zero-order valence-corrected chi connectivity index (χ0v) is 63.4. The van der Waals surface area contributed by atoms with Crippen molar-refractivity contribution in [1.82, 2.24) is 0 Å². The van der Waals surface area contributed by atoms with E-state index >= 15 is 0 Å². The molecule has 0 aliphatic rings. The predicted octanol–water partition coefficient (Wildman–Crippen LogP) is 24.5. The highest BCUT2D eigenvalue weighted by atomic mass is 16.7. The molecule has 0 amide bonds. The summed E-state index contributed by atoms with van der Waals surface area (Å²) in [5.41, 5.74) is 0. The first-order chi connectivity index (χ1) is 47.6. The number of quaternary nitrogens is 1. The van der Waals surface area contributed by atoms with Crippen molar-refractivity contribution in [2.24, 2.45) is 0 Å². The molecular weight excluding hydrogens is 1200 g/mol. The number of allylic oxidation sites excluding steroid dienone is 24. The fourth-order valence-electron chi connectivity index (χ4n) is 11.1. The largest absolute Gasteiger partial charge is 0.545 e. The van der Waals surface area contributed by atoms with Crippen LogP contribution >= 0.6 is 0 Å². The minimum Gasteiger partial charge on any atom is -0.545 e. The number of carbonyl (C=O) groups is 3. The summed E-state index contributed by atoms with van der Waals surface area (Å²) >= 11 is 0. The number of hydrogen-bond acceptors (Lipinski definition) is 8. The van der Waals surface area contributed by atoms with Gasteiger partial charge in [-0.3, -0.25) is 9.59 Å². The maximum atomic E-state index is 13.0. The molecule has 0 fully saturated rings. The van der Waals surface area contributed by atoms with Crippen LogP contribution in [0.2, 0.25) is 0 Å². The third-order valence-corrected chi connectivity index (χ3v) is 17.1. The zero-order valence-electron chi connectivity index (χ0n) is 63.4. The van der Waals surface area contributed by atoms with Crippen molar-refractivity contribution < 1.29 is 42.9 Å². The number of likely N-dealkylation sites (N-methyl/N-ethyl adjacent to an activating group) is 1. The molecule has 0 aliphatic carbocycles. The first kappa shape index (κ1) is 92.2. The van der Waals surface area contributed by atoms with Crippen LogP contribution in [-0.4, -0.2) is 82.3 Å². The van der Waals surface area contributed by atoms with Crippen LogP contribution in [0, 0.1) is 0 Å². The third-order valence-electron chi connectivity index (χ3n) is 17.1. The maximum absolute atomic E-state index is 13.0. The van der Waals surface area contributed by atoms with Gasteiger partial charge in [-0.2, -0.15) is 0 Å². The van der Waals surface area contributed by atoms with Crippen molar-refractivity contribution >= 4 is 17.9 Å². The quantitative estimate of drug-likeness (QED) is 0.0195. The smallest absolute Gasteiger partial charge is 0.306 e. The normalized spacial score (nSPS) is 13.5. The van der Waals surface area contributed by atoms with E-state index in [1.807, 2.05) is 21.1 Å². The lowest BCUT2D eigenvalue weighted by molar-refractivity contribution is -0.870. The van der Waals surface area contributed by atoms with Crippen molar-refractivity contribution in [3.05, 3.63) is 146 Å². The second kappa shape index (κ2) is 76.9. The molecule has 0 aliphatic heterocycles. The van der Waals surface area contributed by atoms with E-state index in [0.717, 1.165) is 135 Å². The van der Waals surface area contributed by atoms with Crippen LogP contribution in [0.15, 0.2) is 146 Å². The van der Waals surface area contributed by atoms with E-state index in [-0.39, 0.29) is 38.6 Å². The van der Waals surface area contributed by atoms with Crippen molar-refractivity contribution in [3.8, 4) is 0 Å². The Kier molecular flexibility index (Phi) is 73.1. The van der Waals surface area contributed by atoms with Crippen LogP contribution in [0.5, 0.6) is 0 Å². The molecule has 0 saturated carbocycles. The van der Waals surface area contributed by atoms with Crippen molar-refractivity contribution in [1.29, 1.82) is 0 Å². The summed E-state index contributed by atoms with van der Waals surface area (Å²) in [6, 6.07) is 0. The Hall–Kier alpha value is -4.83. The zero-order chi connectivity index (χ0) is 70.4. The summed E-state index contributed by atoms with van der Waals surface area (Å²) in [5, 5.41) is 11.9. The van der Waals surface area contributed by atoms with Gasteiger partial charge < -0.3 is 33.3 Å².